The van der Waals surface area contributed by atoms with Gasteiger partial charge < -0.3 is 14.2 Å². The van der Waals surface area contributed by atoms with Gasteiger partial charge in [-0.2, -0.15) is 0 Å². The monoisotopic (exact) mass is 222 g/mol. The van der Waals surface area contributed by atoms with E-state index in [2.05, 4.69) is 17.8 Å². The van der Waals surface area contributed by atoms with E-state index in [1.807, 2.05) is 0 Å². The van der Waals surface area contributed by atoms with Gasteiger partial charge >= 0.3 is 0 Å². The molecule has 1 aliphatic heterocycles. The average Bonchev–Trinajstić information content (AvgIpc) is 2.34. The maximum Gasteiger partial charge on any atom is 0.158 e. The van der Waals surface area contributed by atoms with Crippen molar-refractivity contribution in [2.75, 3.05) is 26.4 Å². The maximum atomic E-state index is 5.44. The molecule has 88 valence electrons. The zero-order valence-corrected chi connectivity index (χ0v) is 9.54. The van der Waals surface area contributed by atoms with Crippen LogP contribution in [0.4, 0.5) is 0 Å². The average molecular weight is 222 g/mol. The highest BCUT2D eigenvalue weighted by atomic mass is 16.7. The van der Waals surface area contributed by atoms with E-state index in [1.54, 1.807) is 0 Å². The van der Waals surface area contributed by atoms with E-state index in [1.165, 1.54) is 6.42 Å². The van der Waals surface area contributed by atoms with Crippen molar-refractivity contribution in [3.05, 3.63) is 0 Å². The molecule has 0 aromatic carbocycles. The summed E-state index contributed by atoms with van der Waals surface area (Å²) in [4.78, 5) is 0. The van der Waals surface area contributed by atoms with Crippen molar-refractivity contribution in [3.8, 4) is 24.2 Å². The molecule has 1 saturated heterocycles. The lowest BCUT2D eigenvalue weighted by Gasteiger charge is -2.21. The highest BCUT2D eigenvalue weighted by Crippen LogP contribution is 2.12. The van der Waals surface area contributed by atoms with Crippen LogP contribution in [0.2, 0.25) is 0 Å². The van der Waals surface area contributed by atoms with Gasteiger partial charge in [0.1, 0.15) is 13.2 Å². The van der Waals surface area contributed by atoms with Crippen LogP contribution in [0.25, 0.3) is 0 Å². The predicted octanol–water partition coefficient (Wildman–Crippen LogP) is 1.57. The van der Waals surface area contributed by atoms with Crippen molar-refractivity contribution in [1.29, 1.82) is 0 Å². The van der Waals surface area contributed by atoms with E-state index in [4.69, 9.17) is 20.6 Å². The third kappa shape index (κ3) is 6.48. The summed E-state index contributed by atoms with van der Waals surface area (Å²) in [5.74, 6) is 8.29. The lowest BCUT2D eigenvalue weighted by molar-refractivity contribution is -0.154. The van der Waals surface area contributed by atoms with Crippen LogP contribution in [0.3, 0.4) is 0 Å². The molecule has 1 aliphatic rings. The van der Waals surface area contributed by atoms with Gasteiger partial charge in [-0.3, -0.25) is 0 Å². The Kier molecular flexibility index (Phi) is 7.55. The number of rotatable bonds is 5. The molecule has 0 amide bonds. The molecular formula is C13H18O3. The van der Waals surface area contributed by atoms with Crippen LogP contribution in [-0.2, 0) is 14.2 Å². The van der Waals surface area contributed by atoms with Gasteiger partial charge in [-0.1, -0.05) is 17.8 Å². The van der Waals surface area contributed by atoms with Gasteiger partial charge in [-0.05, 0) is 19.3 Å². The molecule has 16 heavy (non-hydrogen) atoms. The summed E-state index contributed by atoms with van der Waals surface area (Å²) in [5.41, 5.74) is 0. The Balaban J connectivity index is 1.93. The minimum absolute atomic E-state index is 0.0549. The van der Waals surface area contributed by atoms with Crippen LogP contribution in [-0.4, -0.2) is 32.7 Å². The molecule has 0 N–H and O–H groups in total. The number of ether oxygens (including phenoxy) is 3. The number of hydrogen-bond acceptors (Lipinski definition) is 3. The molecule has 1 rings (SSSR count). The van der Waals surface area contributed by atoms with Gasteiger partial charge in [0.15, 0.2) is 6.29 Å². The second-order valence-electron chi connectivity index (χ2n) is 3.47. The first kappa shape index (κ1) is 13.1. The normalized spacial score (nSPS) is 19.6. The minimum Gasteiger partial charge on any atom is -0.368 e. The van der Waals surface area contributed by atoms with E-state index in [0.717, 1.165) is 19.4 Å². The Morgan fingerprint density at radius 1 is 1.25 bits per heavy atom. The summed E-state index contributed by atoms with van der Waals surface area (Å²) in [6, 6.07) is 0. The van der Waals surface area contributed by atoms with E-state index >= 15 is 0 Å². The Morgan fingerprint density at radius 2 is 2.19 bits per heavy atom. The van der Waals surface area contributed by atoms with E-state index < -0.39 is 0 Å². The van der Waals surface area contributed by atoms with E-state index in [9.17, 15) is 0 Å². The van der Waals surface area contributed by atoms with Crippen molar-refractivity contribution in [1.82, 2.24) is 0 Å². The lowest BCUT2D eigenvalue weighted by atomic mass is 10.2. The van der Waals surface area contributed by atoms with Crippen LogP contribution in [0.15, 0.2) is 0 Å². The van der Waals surface area contributed by atoms with Gasteiger partial charge in [0, 0.05) is 13.0 Å². The Labute approximate surface area is 97.5 Å². The van der Waals surface area contributed by atoms with Crippen LogP contribution in [0, 0.1) is 24.2 Å². The smallest absolute Gasteiger partial charge is 0.158 e. The first-order valence-electron chi connectivity index (χ1n) is 5.63. The van der Waals surface area contributed by atoms with Crippen molar-refractivity contribution in [2.45, 2.75) is 32.0 Å². The Morgan fingerprint density at radius 3 is 2.94 bits per heavy atom. The summed E-state index contributed by atoms with van der Waals surface area (Å²) in [6.45, 7) is 2.17. The van der Waals surface area contributed by atoms with E-state index in [-0.39, 0.29) is 6.29 Å². The zero-order valence-electron chi connectivity index (χ0n) is 9.54. The first-order chi connectivity index (χ1) is 7.93. The molecule has 1 fully saturated rings. The topological polar surface area (TPSA) is 27.7 Å². The first-order valence-corrected chi connectivity index (χ1v) is 5.63. The fourth-order valence-corrected chi connectivity index (χ4v) is 1.37. The van der Waals surface area contributed by atoms with E-state index in [0.29, 0.717) is 26.2 Å². The third-order valence-corrected chi connectivity index (χ3v) is 2.16. The highest BCUT2D eigenvalue weighted by Gasteiger charge is 2.12. The molecule has 1 atom stereocenters. The van der Waals surface area contributed by atoms with Crippen LogP contribution in [0.5, 0.6) is 0 Å². The van der Waals surface area contributed by atoms with Crippen molar-refractivity contribution >= 4 is 0 Å². The van der Waals surface area contributed by atoms with Gasteiger partial charge in [0.2, 0.25) is 0 Å². The van der Waals surface area contributed by atoms with Gasteiger partial charge in [0.25, 0.3) is 0 Å². The van der Waals surface area contributed by atoms with Crippen LogP contribution < -0.4 is 0 Å². The summed E-state index contributed by atoms with van der Waals surface area (Å²) >= 11 is 0. The Bertz CT molecular complexity index is 263. The van der Waals surface area contributed by atoms with Crippen molar-refractivity contribution < 1.29 is 14.2 Å². The van der Waals surface area contributed by atoms with Gasteiger partial charge in [-0.15, -0.1) is 6.42 Å². The molecule has 0 aliphatic carbocycles. The molecule has 3 nitrogen and oxygen atoms in total. The molecule has 1 unspecified atom stereocenters. The Hall–Kier alpha value is -1.00. The second kappa shape index (κ2) is 9.24. The SMILES string of the molecule is C#CCOCCC#CCOC1CCCCO1. The van der Waals surface area contributed by atoms with Crippen LogP contribution >= 0.6 is 0 Å². The summed E-state index contributed by atoms with van der Waals surface area (Å²) in [5, 5.41) is 0. The van der Waals surface area contributed by atoms with Crippen molar-refractivity contribution in [2.24, 2.45) is 0 Å². The molecule has 3 heteroatoms. The second-order valence-corrected chi connectivity index (χ2v) is 3.47. The molecule has 0 radical (unpaired) electrons. The van der Waals surface area contributed by atoms with Gasteiger partial charge in [0.05, 0.1) is 6.61 Å². The molecule has 0 aromatic heterocycles. The highest BCUT2D eigenvalue weighted by molar-refractivity contribution is 4.99. The fourth-order valence-electron chi connectivity index (χ4n) is 1.37. The molecule has 0 bridgehead atoms. The van der Waals surface area contributed by atoms with Gasteiger partial charge in [-0.25, -0.2) is 0 Å². The molecule has 0 saturated carbocycles. The predicted molar refractivity (Wildman–Crippen MR) is 61.6 cm³/mol. The number of hydrogen-bond donors (Lipinski definition) is 0. The van der Waals surface area contributed by atoms with Crippen molar-refractivity contribution in [3.63, 3.8) is 0 Å². The standard InChI is InChI=1S/C13H18O3/c1-2-9-14-10-5-3-6-11-15-13-8-4-7-12-16-13/h1,13H,4-5,7-12H2. The minimum atomic E-state index is -0.0549. The quantitative estimate of drug-likeness (QED) is 0.522. The molecule has 0 spiro atoms. The van der Waals surface area contributed by atoms with Crippen LogP contribution in [0.1, 0.15) is 25.7 Å². The zero-order chi connectivity index (χ0) is 11.5. The molecule has 0 aromatic rings. The summed E-state index contributed by atoms with van der Waals surface area (Å²) in [7, 11) is 0. The molecule has 1 heterocycles. The fraction of sp³-hybridized carbons (Fsp3) is 0.692. The lowest BCUT2D eigenvalue weighted by Crippen LogP contribution is -2.22. The largest absolute Gasteiger partial charge is 0.368 e. The summed E-state index contributed by atoms with van der Waals surface area (Å²) in [6.07, 6.45) is 8.96. The molecular weight excluding hydrogens is 204 g/mol. The third-order valence-electron chi connectivity index (χ3n) is 2.16. The number of terminal acetylenes is 1. The summed E-state index contributed by atoms with van der Waals surface area (Å²) < 4.78 is 15.9. The maximum absolute atomic E-state index is 5.44.